The second kappa shape index (κ2) is 7.13. The molecule has 2 heteroatoms. The molecular weight excluding hydrogens is 234 g/mol. The maximum atomic E-state index is 11.6. The third kappa shape index (κ3) is 4.55. The van der Waals surface area contributed by atoms with Gasteiger partial charge in [0, 0.05) is 20.1 Å². The fourth-order valence-corrected chi connectivity index (χ4v) is 1.63. The van der Waals surface area contributed by atoms with E-state index < -0.39 is 0 Å². The standard InChI is InChI=1S/C11H11NO.C4H8.C2H6.H2/c1-8-3-4-10-9(7-8)5-6-12(2)11(10)13;1-4-2-3-4;1-2;/h3-7H,1-2H3;4H,2-3H2,1H3;1-2H3;1H. The van der Waals surface area contributed by atoms with Crippen LogP contribution in [0.4, 0.5) is 0 Å². The number of hydrogen-bond donors (Lipinski definition) is 0. The molecule has 1 aromatic heterocycles. The summed E-state index contributed by atoms with van der Waals surface area (Å²) in [5.74, 6) is 1.08. The molecule has 2 nitrogen and oxygen atoms in total. The summed E-state index contributed by atoms with van der Waals surface area (Å²) in [5.41, 5.74) is 1.25. The molecule has 1 saturated carbocycles. The third-order valence-electron chi connectivity index (χ3n) is 3.10. The summed E-state index contributed by atoms with van der Waals surface area (Å²) < 4.78 is 1.59. The number of hydrogen-bond acceptors (Lipinski definition) is 1. The van der Waals surface area contributed by atoms with E-state index in [2.05, 4.69) is 6.92 Å². The molecule has 0 N–H and O–H groups in total. The summed E-state index contributed by atoms with van der Waals surface area (Å²) in [6.07, 6.45) is 4.77. The van der Waals surface area contributed by atoms with Crippen molar-refractivity contribution < 1.29 is 1.43 Å². The Morgan fingerprint density at radius 3 is 2.32 bits per heavy atom. The first kappa shape index (κ1) is 15.5. The van der Waals surface area contributed by atoms with Gasteiger partial charge in [-0.3, -0.25) is 4.79 Å². The van der Waals surface area contributed by atoms with Crippen LogP contribution in [0.25, 0.3) is 10.8 Å². The molecule has 0 atom stereocenters. The normalized spacial score (nSPS) is 13.1. The molecule has 19 heavy (non-hydrogen) atoms. The van der Waals surface area contributed by atoms with E-state index in [9.17, 15) is 4.79 Å². The van der Waals surface area contributed by atoms with Crippen LogP contribution >= 0.6 is 0 Å². The zero-order valence-corrected chi connectivity index (χ0v) is 12.7. The van der Waals surface area contributed by atoms with Gasteiger partial charge in [-0.25, -0.2) is 0 Å². The van der Waals surface area contributed by atoms with Crippen molar-refractivity contribution in [1.29, 1.82) is 0 Å². The molecule has 1 aliphatic rings. The Kier molecular flexibility index (Phi) is 5.81. The van der Waals surface area contributed by atoms with Crippen LogP contribution in [0.2, 0.25) is 0 Å². The molecule has 0 bridgehead atoms. The lowest BCUT2D eigenvalue weighted by molar-refractivity contribution is 0.873. The van der Waals surface area contributed by atoms with Crippen LogP contribution in [0.15, 0.2) is 35.3 Å². The van der Waals surface area contributed by atoms with E-state index in [-0.39, 0.29) is 6.99 Å². The van der Waals surface area contributed by atoms with Gasteiger partial charge in [-0.2, -0.15) is 0 Å². The zero-order valence-electron chi connectivity index (χ0n) is 12.7. The van der Waals surface area contributed by atoms with Gasteiger partial charge in [0.05, 0.1) is 0 Å². The van der Waals surface area contributed by atoms with Gasteiger partial charge in [0.15, 0.2) is 0 Å². The van der Waals surface area contributed by atoms with Crippen molar-refractivity contribution >= 4 is 10.8 Å². The highest BCUT2D eigenvalue weighted by Gasteiger charge is 2.12. The van der Waals surface area contributed by atoms with E-state index in [1.165, 1.54) is 18.4 Å². The largest absolute Gasteiger partial charge is 0.318 e. The van der Waals surface area contributed by atoms with Crippen molar-refractivity contribution in [3.63, 3.8) is 0 Å². The van der Waals surface area contributed by atoms with Crippen molar-refractivity contribution in [2.24, 2.45) is 13.0 Å². The first-order valence-electron chi connectivity index (χ1n) is 7.14. The highest BCUT2D eigenvalue weighted by Crippen LogP contribution is 2.26. The third-order valence-corrected chi connectivity index (χ3v) is 3.10. The van der Waals surface area contributed by atoms with Crippen LogP contribution in [-0.2, 0) is 7.05 Å². The van der Waals surface area contributed by atoms with Crippen LogP contribution in [0, 0.1) is 12.8 Å². The SMILES string of the molecule is CC.CC1CC1.Cc1ccc2c(=O)n(C)ccc2c1.[HH]. The molecule has 0 spiro atoms. The Hall–Kier alpha value is -1.57. The van der Waals surface area contributed by atoms with E-state index in [0.717, 1.165) is 16.7 Å². The molecule has 1 aromatic carbocycles. The number of fused-ring (bicyclic) bond motifs is 1. The Morgan fingerprint density at radius 2 is 1.79 bits per heavy atom. The predicted octanol–water partition coefficient (Wildman–Crippen LogP) is 4.54. The number of aryl methyl sites for hydroxylation is 2. The molecule has 2 aromatic rings. The summed E-state index contributed by atoms with van der Waals surface area (Å²) in [6, 6.07) is 7.83. The topological polar surface area (TPSA) is 22.0 Å². The van der Waals surface area contributed by atoms with Crippen molar-refractivity contribution in [3.05, 3.63) is 46.4 Å². The Morgan fingerprint density at radius 1 is 1.21 bits per heavy atom. The summed E-state index contributed by atoms with van der Waals surface area (Å²) in [5, 5.41) is 1.80. The van der Waals surface area contributed by atoms with Gasteiger partial charge in [-0.1, -0.05) is 51.3 Å². The highest BCUT2D eigenvalue weighted by atomic mass is 16.1. The average molecular weight is 261 g/mol. The fraction of sp³-hybridized carbons (Fsp3) is 0.471. The van der Waals surface area contributed by atoms with Crippen molar-refractivity contribution in [3.8, 4) is 0 Å². The molecule has 1 fully saturated rings. The van der Waals surface area contributed by atoms with Crippen molar-refractivity contribution in [2.45, 2.75) is 40.5 Å². The average Bonchev–Trinajstić information content (AvgIpc) is 3.20. The maximum Gasteiger partial charge on any atom is 0.258 e. The van der Waals surface area contributed by atoms with Crippen LogP contribution in [0.5, 0.6) is 0 Å². The Labute approximate surface area is 117 Å². The summed E-state index contributed by atoms with van der Waals surface area (Å²) in [6.45, 7) is 8.30. The first-order chi connectivity index (χ1) is 9.08. The molecule has 0 unspecified atom stereocenters. The van der Waals surface area contributed by atoms with E-state index in [4.69, 9.17) is 0 Å². The van der Waals surface area contributed by atoms with E-state index in [0.29, 0.717) is 0 Å². The van der Waals surface area contributed by atoms with Gasteiger partial charge in [0.25, 0.3) is 5.56 Å². The van der Waals surface area contributed by atoms with Gasteiger partial charge in [0.2, 0.25) is 0 Å². The smallest absolute Gasteiger partial charge is 0.258 e. The number of nitrogens with zero attached hydrogens (tertiary/aromatic N) is 1. The van der Waals surface area contributed by atoms with Gasteiger partial charge < -0.3 is 4.57 Å². The number of benzene rings is 1. The monoisotopic (exact) mass is 261 g/mol. The molecular formula is C17H27NO. The lowest BCUT2D eigenvalue weighted by atomic mass is 10.1. The molecule has 3 rings (SSSR count). The molecule has 0 amide bonds. The summed E-state index contributed by atoms with van der Waals surface area (Å²) in [4.78, 5) is 11.6. The highest BCUT2D eigenvalue weighted by molar-refractivity contribution is 5.81. The summed E-state index contributed by atoms with van der Waals surface area (Å²) in [7, 11) is 1.77. The van der Waals surface area contributed by atoms with E-state index in [1.54, 1.807) is 17.8 Å². The Bertz CT molecular complexity index is 585. The second-order valence-electron chi connectivity index (χ2n) is 5.01. The number of rotatable bonds is 0. The molecule has 0 aliphatic heterocycles. The molecule has 1 heterocycles. The predicted molar refractivity (Wildman–Crippen MR) is 85.8 cm³/mol. The number of pyridine rings is 1. The minimum absolute atomic E-state index is 0. The van der Waals surface area contributed by atoms with E-state index >= 15 is 0 Å². The van der Waals surface area contributed by atoms with Crippen molar-refractivity contribution in [2.75, 3.05) is 0 Å². The lowest BCUT2D eigenvalue weighted by Gasteiger charge is -2.01. The zero-order chi connectivity index (χ0) is 14.4. The second-order valence-corrected chi connectivity index (χ2v) is 5.01. The van der Waals surface area contributed by atoms with Crippen LogP contribution in [0.3, 0.4) is 0 Å². The lowest BCUT2D eigenvalue weighted by Crippen LogP contribution is -2.15. The molecule has 106 valence electrons. The van der Waals surface area contributed by atoms with E-state index in [1.807, 2.05) is 45.0 Å². The number of aromatic nitrogens is 1. The van der Waals surface area contributed by atoms with Crippen LogP contribution in [0.1, 0.15) is 40.6 Å². The fourth-order valence-electron chi connectivity index (χ4n) is 1.63. The van der Waals surface area contributed by atoms with Gasteiger partial charge >= 0.3 is 0 Å². The molecule has 1 aliphatic carbocycles. The van der Waals surface area contributed by atoms with Crippen LogP contribution in [-0.4, -0.2) is 4.57 Å². The minimum atomic E-state index is 0. The maximum absolute atomic E-state index is 11.6. The summed E-state index contributed by atoms with van der Waals surface area (Å²) >= 11 is 0. The van der Waals surface area contributed by atoms with Gasteiger partial charge in [0.1, 0.15) is 0 Å². The first-order valence-corrected chi connectivity index (χ1v) is 7.14. The van der Waals surface area contributed by atoms with Crippen LogP contribution < -0.4 is 5.56 Å². The molecule has 0 radical (unpaired) electrons. The quantitative estimate of drug-likeness (QED) is 0.682. The van der Waals surface area contributed by atoms with Gasteiger partial charge in [-0.05, 0) is 30.4 Å². The molecule has 0 saturated heterocycles. The van der Waals surface area contributed by atoms with Gasteiger partial charge in [-0.15, -0.1) is 0 Å². The van der Waals surface area contributed by atoms with Crippen molar-refractivity contribution in [1.82, 2.24) is 4.57 Å². The minimum Gasteiger partial charge on any atom is -0.318 e. The Balaban J connectivity index is 0.000000438.